The number of pyridine rings is 2. The molecule has 6 heterocycles. The largest absolute Gasteiger partial charge is 0.416 e. The standard InChI is InChI=1S/C54H37F6N15O4/c55-53(56,57)42-5-1-3-36-40(42)25-74(51(36)78)46-21-31(19-33(67-46)9-12-44(64)76)38-17-29(23-62)7-10-34(38)49-70-65-27-72(49)15-16-73-28-66-71-50(73)35-11-8-30(24-63)18-39(35)32-20-45(69-48(77)13-14-61)68-47(22-32)75-26-41-37(52(75)79)4-2-6-43(41)54(58,59)60/h1-12,17-22,27-28H,13-16,25-26,61H2,(H2,64,76)(H,68,69,77)/b12-9+. The van der Waals surface area contributed by atoms with Crippen LogP contribution in [0.5, 0.6) is 0 Å². The highest BCUT2D eigenvalue weighted by molar-refractivity contribution is 6.11. The minimum Gasteiger partial charge on any atom is -0.366 e. The molecule has 0 unspecified atom stereocenters. The summed E-state index contributed by atoms with van der Waals surface area (Å²) in [7, 11) is 0. The summed E-state index contributed by atoms with van der Waals surface area (Å²) in [6.07, 6.45) is -4.46. The Bertz CT molecular complexity index is 3950. The first-order valence-electron chi connectivity index (χ1n) is 23.7. The maximum absolute atomic E-state index is 14.2. The zero-order chi connectivity index (χ0) is 55.9. The monoisotopic (exact) mass is 1070 g/mol. The minimum atomic E-state index is -4.77. The number of alkyl halides is 6. The first-order chi connectivity index (χ1) is 37.8. The molecule has 0 saturated carbocycles. The fourth-order valence-electron chi connectivity index (χ4n) is 9.43. The average Bonchev–Trinajstić information content (AvgIpc) is 4.46. The van der Waals surface area contributed by atoms with Crippen LogP contribution in [-0.4, -0.2) is 69.7 Å². The molecule has 0 spiro atoms. The highest BCUT2D eigenvalue weighted by atomic mass is 19.4. The summed E-state index contributed by atoms with van der Waals surface area (Å²) in [5.41, 5.74) is 10.8. The predicted octanol–water partition coefficient (Wildman–Crippen LogP) is 7.92. The topological polar surface area (TPSA) is 274 Å². The van der Waals surface area contributed by atoms with Crippen LogP contribution in [0.2, 0.25) is 0 Å². The molecule has 10 rings (SSSR count). The summed E-state index contributed by atoms with van der Waals surface area (Å²) < 4.78 is 88.3. The molecule has 8 aromatic rings. The van der Waals surface area contributed by atoms with Crippen LogP contribution in [0.15, 0.2) is 116 Å². The number of nitriles is 2. The molecule has 4 amide bonds. The van der Waals surface area contributed by atoms with Crippen LogP contribution in [0, 0.1) is 22.7 Å². The third-order valence-electron chi connectivity index (χ3n) is 13.0. The number of nitrogens with two attached hydrogens (primary N) is 2. The number of fused-ring (bicyclic) bond motifs is 2. The summed E-state index contributed by atoms with van der Waals surface area (Å²) in [4.78, 5) is 63.5. The van der Waals surface area contributed by atoms with Crippen molar-refractivity contribution in [2.24, 2.45) is 11.5 Å². The molecule has 4 aromatic carbocycles. The lowest BCUT2D eigenvalue weighted by Gasteiger charge is -2.19. The molecule has 2 aliphatic heterocycles. The van der Waals surface area contributed by atoms with Crippen LogP contribution in [0.1, 0.15) is 66.2 Å². The van der Waals surface area contributed by atoms with Gasteiger partial charge in [-0.3, -0.25) is 29.0 Å². The van der Waals surface area contributed by atoms with Crippen LogP contribution in [-0.2, 0) is 48.1 Å². The van der Waals surface area contributed by atoms with E-state index in [-0.39, 0.29) is 99.8 Å². The summed E-state index contributed by atoms with van der Waals surface area (Å²) in [5.74, 6) is -2.60. The zero-order valence-corrected chi connectivity index (χ0v) is 40.7. The second-order valence-electron chi connectivity index (χ2n) is 17.9. The number of carbonyl (C=O) groups excluding carboxylic acids is 4. The van der Waals surface area contributed by atoms with E-state index in [9.17, 15) is 56.0 Å². The van der Waals surface area contributed by atoms with E-state index in [0.29, 0.717) is 27.8 Å². The molecular weight excluding hydrogens is 1040 g/mol. The average molecular weight is 1070 g/mol. The van der Waals surface area contributed by atoms with Gasteiger partial charge in [-0.05, 0) is 124 Å². The van der Waals surface area contributed by atoms with E-state index in [1.165, 1.54) is 73.3 Å². The van der Waals surface area contributed by atoms with Gasteiger partial charge in [-0.25, -0.2) is 9.97 Å². The van der Waals surface area contributed by atoms with Crippen LogP contribution >= 0.6 is 0 Å². The lowest BCUT2D eigenvalue weighted by Crippen LogP contribution is -2.25. The highest BCUT2D eigenvalue weighted by Gasteiger charge is 2.42. The first kappa shape index (κ1) is 52.1. The Morgan fingerprint density at radius 3 is 1.61 bits per heavy atom. The van der Waals surface area contributed by atoms with Crippen LogP contribution in [0.3, 0.4) is 0 Å². The van der Waals surface area contributed by atoms with Gasteiger partial charge in [0, 0.05) is 54.4 Å². The lowest BCUT2D eigenvalue weighted by molar-refractivity contribution is -0.139. The van der Waals surface area contributed by atoms with Crippen molar-refractivity contribution >= 4 is 47.2 Å². The summed E-state index contributed by atoms with van der Waals surface area (Å²) >= 11 is 0. The Morgan fingerprint density at radius 1 is 0.646 bits per heavy atom. The zero-order valence-electron chi connectivity index (χ0n) is 40.7. The number of hydrogen-bond donors (Lipinski definition) is 3. The van der Waals surface area contributed by atoms with E-state index in [2.05, 4.69) is 47.8 Å². The van der Waals surface area contributed by atoms with Gasteiger partial charge in [-0.2, -0.15) is 36.9 Å². The number of nitrogens with zero attached hydrogens (tertiary/aromatic N) is 12. The van der Waals surface area contributed by atoms with E-state index >= 15 is 0 Å². The van der Waals surface area contributed by atoms with Crippen molar-refractivity contribution in [3.63, 3.8) is 0 Å². The van der Waals surface area contributed by atoms with Crippen molar-refractivity contribution in [3.8, 4) is 57.2 Å². The Labute approximate surface area is 442 Å². The van der Waals surface area contributed by atoms with E-state index in [0.717, 1.165) is 40.1 Å². The number of amides is 4. The van der Waals surface area contributed by atoms with Gasteiger partial charge < -0.3 is 25.9 Å². The SMILES string of the molecule is N#Cc1ccc(-c2nncn2CCn2cnnc2-c2ccc(C#N)cc2-c2cc(NC(=O)CCN)nc(N3Cc4c(cccc4C(F)(F)F)C3=O)c2)c(-c2cc(/C=C/C(N)=O)nc(N3Cc4c(cccc4C(F)(F)F)C3=O)c2)c1. The fraction of sp³-hybridized carbons (Fsp3) is 0.148. The van der Waals surface area contributed by atoms with Crippen molar-refractivity contribution in [1.82, 2.24) is 39.5 Å². The molecular formula is C54H37F6N15O4. The maximum atomic E-state index is 14.2. The number of hydrogen-bond acceptors (Lipinski definition) is 13. The van der Waals surface area contributed by atoms with Crippen molar-refractivity contribution in [3.05, 3.63) is 166 Å². The molecule has 2 aliphatic rings. The number of anilines is 3. The molecule has 0 saturated heterocycles. The third-order valence-corrected chi connectivity index (χ3v) is 13.0. The second-order valence-corrected chi connectivity index (χ2v) is 17.9. The number of aryl methyl sites for hydroxylation is 2. The van der Waals surface area contributed by atoms with Gasteiger partial charge in [0.25, 0.3) is 11.8 Å². The van der Waals surface area contributed by atoms with Crippen molar-refractivity contribution < 1.29 is 45.5 Å². The smallest absolute Gasteiger partial charge is 0.366 e. The molecule has 5 N–H and O–H groups in total. The number of halogens is 6. The molecule has 0 radical (unpaired) electrons. The Balaban J connectivity index is 1.00. The van der Waals surface area contributed by atoms with Gasteiger partial charge >= 0.3 is 12.4 Å². The Kier molecular flexibility index (Phi) is 13.6. The van der Waals surface area contributed by atoms with Crippen LogP contribution < -0.4 is 26.6 Å². The Morgan fingerprint density at radius 2 is 1.14 bits per heavy atom. The van der Waals surface area contributed by atoms with Crippen molar-refractivity contribution in [2.75, 3.05) is 21.7 Å². The third kappa shape index (κ3) is 10.2. The van der Waals surface area contributed by atoms with Gasteiger partial charge in [0.2, 0.25) is 11.8 Å². The van der Waals surface area contributed by atoms with Crippen LogP contribution in [0.4, 0.5) is 43.8 Å². The summed E-state index contributed by atoms with van der Waals surface area (Å²) in [6.45, 7) is -0.732. The Hall–Kier alpha value is -10.4. The number of rotatable bonds is 14. The quantitative estimate of drug-likeness (QED) is 0.0690. The molecule has 4 aromatic heterocycles. The molecule has 19 nitrogen and oxygen atoms in total. The number of benzene rings is 4. The van der Waals surface area contributed by atoms with Crippen molar-refractivity contribution in [1.29, 1.82) is 10.5 Å². The molecule has 0 bridgehead atoms. The van der Waals surface area contributed by atoms with E-state index < -0.39 is 60.2 Å². The summed E-state index contributed by atoms with van der Waals surface area (Å²) in [5, 5.41) is 40.0. The number of carbonyl (C=O) groups is 4. The molecule has 0 aliphatic carbocycles. The maximum Gasteiger partial charge on any atom is 0.416 e. The molecule has 0 atom stereocenters. The van der Waals surface area contributed by atoms with Gasteiger partial charge in [-0.1, -0.05) is 12.1 Å². The predicted molar refractivity (Wildman–Crippen MR) is 271 cm³/mol. The first-order valence-corrected chi connectivity index (χ1v) is 23.7. The van der Waals surface area contributed by atoms with E-state index in [1.54, 1.807) is 27.3 Å². The van der Waals surface area contributed by atoms with Gasteiger partial charge in [0.05, 0.1) is 53.2 Å². The normalized spacial score (nSPS) is 13.2. The van der Waals surface area contributed by atoms with Gasteiger partial charge in [-0.15, -0.1) is 20.4 Å². The molecule has 79 heavy (non-hydrogen) atoms. The number of aromatic nitrogens is 8. The molecule has 25 heteroatoms. The highest BCUT2D eigenvalue weighted by Crippen LogP contribution is 2.43. The van der Waals surface area contributed by atoms with Gasteiger partial charge in [0.15, 0.2) is 11.6 Å². The molecule has 0 fully saturated rings. The minimum absolute atomic E-state index is 0.0182. The fourth-order valence-corrected chi connectivity index (χ4v) is 9.43. The van der Waals surface area contributed by atoms with Crippen molar-refractivity contribution in [2.45, 2.75) is 45.0 Å². The summed E-state index contributed by atoms with van der Waals surface area (Å²) in [6, 6.07) is 26.1. The van der Waals surface area contributed by atoms with Crippen LogP contribution in [0.25, 0.3) is 51.1 Å². The van der Waals surface area contributed by atoms with E-state index in [1.807, 2.05) is 0 Å². The van der Waals surface area contributed by atoms with E-state index in [4.69, 9.17) is 11.5 Å². The number of nitrogens with one attached hydrogen (secondary N) is 1. The number of primary amides is 1. The van der Waals surface area contributed by atoms with Gasteiger partial charge in [0.1, 0.15) is 30.1 Å². The lowest BCUT2D eigenvalue weighted by atomic mass is 9.96. The molecule has 394 valence electrons. The second kappa shape index (κ2) is 20.6.